The lowest BCUT2D eigenvalue weighted by molar-refractivity contribution is 0.746. The number of para-hydroxylation sites is 1. The summed E-state index contributed by atoms with van der Waals surface area (Å²) in [6.07, 6.45) is 18.5. The molecule has 0 fully saturated rings. The van der Waals surface area contributed by atoms with Crippen molar-refractivity contribution in [2.75, 3.05) is 0 Å². The van der Waals surface area contributed by atoms with Gasteiger partial charge < -0.3 is 9.13 Å². The molecule has 1 unspecified atom stereocenters. The Balaban J connectivity index is 1.18. The number of rotatable bonds is 4. The molecule has 3 aliphatic rings. The van der Waals surface area contributed by atoms with Crippen molar-refractivity contribution in [2.45, 2.75) is 39.0 Å². The van der Waals surface area contributed by atoms with Crippen molar-refractivity contribution >= 4 is 45.2 Å². The molecule has 3 aliphatic carbocycles. The van der Waals surface area contributed by atoms with Crippen LogP contribution in [0.15, 0.2) is 109 Å². The van der Waals surface area contributed by atoms with Crippen molar-refractivity contribution in [1.29, 1.82) is 10.5 Å². The van der Waals surface area contributed by atoms with Crippen molar-refractivity contribution in [2.24, 2.45) is 5.92 Å². The largest absolute Gasteiger partial charge is 0.310 e. The minimum Gasteiger partial charge on any atom is -0.310 e. The predicted molar refractivity (Wildman–Crippen MR) is 201 cm³/mol. The summed E-state index contributed by atoms with van der Waals surface area (Å²) < 4.78 is 4.71. The van der Waals surface area contributed by atoms with Crippen LogP contribution in [0.2, 0.25) is 0 Å². The van der Waals surface area contributed by atoms with Gasteiger partial charge in [-0.15, -0.1) is 0 Å². The van der Waals surface area contributed by atoms with Crippen LogP contribution in [0.25, 0.3) is 62.0 Å². The second-order valence-corrected chi connectivity index (χ2v) is 13.5. The van der Waals surface area contributed by atoms with Crippen LogP contribution in [0.3, 0.4) is 0 Å². The minimum absolute atomic E-state index is 0.368. The van der Waals surface area contributed by atoms with Crippen LogP contribution in [0.5, 0.6) is 0 Å². The zero-order valence-electron chi connectivity index (χ0n) is 27.4. The van der Waals surface area contributed by atoms with Crippen molar-refractivity contribution in [3.8, 4) is 29.0 Å². The maximum Gasteiger partial charge on any atom is 0.0998 e. The van der Waals surface area contributed by atoms with Crippen LogP contribution >= 0.6 is 0 Å². The summed E-state index contributed by atoms with van der Waals surface area (Å²) in [5.74, 6) is 0.368. The SMILES string of the molecule is CC1C=CC(n2c3c(c4ccccc42)CCC=C3)=C(c2ccc(-c3cccc(-n4c5c(c6ccc(C#N)cc64)CCC=C5)c3)cc2C#N)C1. The highest BCUT2D eigenvalue weighted by atomic mass is 15.0. The van der Waals surface area contributed by atoms with Crippen molar-refractivity contribution in [1.82, 2.24) is 9.13 Å². The van der Waals surface area contributed by atoms with Gasteiger partial charge >= 0.3 is 0 Å². The Hall–Kier alpha value is -6.10. The third kappa shape index (κ3) is 4.64. The van der Waals surface area contributed by atoms with Crippen LogP contribution < -0.4 is 0 Å². The Labute approximate surface area is 286 Å². The number of hydrogen-bond acceptors (Lipinski definition) is 2. The van der Waals surface area contributed by atoms with Crippen molar-refractivity contribution in [3.63, 3.8) is 0 Å². The minimum atomic E-state index is 0.368. The number of aromatic nitrogens is 2. The van der Waals surface area contributed by atoms with Gasteiger partial charge in [0.2, 0.25) is 0 Å². The van der Waals surface area contributed by atoms with E-state index >= 15 is 0 Å². The molecule has 0 N–H and O–H groups in total. The van der Waals surface area contributed by atoms with Gasteiger partial charge in [0.25, 0.3) is 0 Å². The van der Waals surface area contributed by atoms with E-state index in [9.17, 15) is 10.5 Å². The Bertz CT molecular complexity index is 2560. The fraction of sp³-hybridized carbons (Fsp3) is 0.156. The Morgan fingerprint density at radius 2 is 1.43 bits per heavy atom. The topological polar surface area (TPSA) is 57.4 Å². The number of allylic oxidation sites excluding steroid dienone is 6. The van der Waals surface area contributed by atoms with E-state index in [-0.39, 0.29) is 0 Å². The standard InChI is InChI=1S/C45H34N4/c1-29-17-22-44(49-42-15-6-3-11-36(42)37-12-4-7-16-43(37)49)40(23-29)35-21-19-32(25-33(35)28-47)31-9-8-10-34(26-31)48-41-14-5-2-13-38(41)39-20-18-30(27-46)24-45(39)48/h3,5-11,14-22,24-26,29H,2,4,12-13,23H2,1H3. The maximum absolute atomic E-state index is 10.6. The molecular formula is C45H34N4. The molecular weight excluding hydrogens is 597 g/mol. The lowest BCUT2D eigenvalue weighted by atomic mass is 9.86. The molecule has 0 aliphatic heterocycles. The number of fused-ring (bicyclic) bond motifs is 6. The quantitative estimate of drug-likeness (QED) is 0.195. The average molecular weight is 631 g/mol. The zero-order valence-corrected chi connectivity index (χ0v) is 27.4. The van der Waals surface area contributed by atoms with Crippen molar-refractivity contribution < 1.29 is 0 Å². The molecule has 0 bridgehead atoms. The average Bonchev–Trinajstić information content (AvgIpc) is 3.67. The van der Waals surface area contributed by atoms with E-state index in [1.165, 1.54) is 44.4 Å². The van der Waals surface area contributed by atoms with Gasteiger partial charge in [0.15, 0.2) is 0 Å². The van der Waals surface area contributed by atoms with E-state index in [2.05, 4.69) is 137 Å². The summed E-state index contributed by atoms with van der Waals surface area (Å²) in [5.41, 5.74) is 15.2. The summed E-state index contributed by atoms with van der Waals surface area (Å²) in [6, 6.07) is 34.6. The Morgan fingerprint density at radius 1 is 0.673 bits per heavy atom. The molecule has 4 nitrogen and oxygen atoms in total. The first-order chi connectivity index (χ1) is 24.1. The first kappa shape index (κ1) is 29.1. The third-order valence-electron chi connectivity index (χ3n) is 10.5. The Morgan fingerprint density at radius 3 is 2.22 bits per heavy atom. The zero-order chi connectivity index (χ0) is 33.1. The Kier molecular flexibility index (Phi) is 6.85. The van der Waals surface area contributed by atoms with E-state index in [1.54, 1.807) is 0 Å². The summed E-state index contributed by atoms with van der Waals surface area (Å²) in [6.45, 7) is 2.25. The normalized spacial score (nSPS) is 16.5. The number of nitriles is 2. The molecule has 6 aromatic rings. The summed E-state index contributed by atoms with van der Waals surface area (Å²) in [4.78, 5) is 0. The summed E-state index contributed by atoms with van der Waals surface area (Å²) in [5, 5.41) is 22.8. The number of benzene rings is 4. The van der Waals surface area contributed by atoms with E-state index < -0.39 is 0 Å². The molecule has 49 heavy (non-hydrogen) atoms. The van der Waals surface area contributed by atoms with Gasteiger partial charge in [-0.25, -0.2) is 0 Å². The highest BCUT2D eigenvalue weighted by molar-refractivity contribution is 5.99. The molecule has 1 atom stereocenters. The number of hydrogen-bond donors (Lipinski definition) is 0. The first-order valence-corrected chi connectivity index (χ1v) is 17.2. The lowest BCUT2D eigenvalue weighted by Gasteiger charge is -2.24. The third-order valence-corrected chi connectivity index (χ3v) is 10.5. The highest BCUT2D eigenvalue weighted by Crippen LogP contribution is 2.42. The van der Waals surface area contributed by atoms with Gasteiger partial charge in [-0.2, -0.15) is 10.5 Å². The molecule has 9 rings (SSSR count). The van der Waals surface area contributed by atoms with Gasteiger partial charge in [-0.1, -0.05) is 73.7 Å². The van der Waals surface area contributed by atoms with E-state index in [1.807, 2.05) is 12.1 Å². The molecule has 2 heterocycles. The number of nitrogens with zero attached hydrogens (tertiary/aromatic N) is 4. The lowest BCUT2D eigenvalue weighted by Crippen LogP contribution is -2.09. The van der Waals surface area contributed by atoms with Crippen LogP contribution in [-0.2, 0) is 12.8 Å². The van der Waals surface area contributed by atoms with Crippen LogP contribution in [0.4, 0.5) is 0 Å². The fourth-order valence-corrected chi connectivity index (χ4v) is 8.24. The molecule has 0 amide bonds. The molecule has 0 radical (unpaired) electrons. The van der Waals surface area contributed by atoms with Gasteiger partial charge in [-0.3, -0.25) is 0 Å². The van der Waals surface area contributed by atoms with Gasteiger partial charge in [-0.05, 0) is 126 Å². The smallest absolute Gasteiger partial charge is 0.0998 e. The molecule has 0 saturated carbocycles. The number of aryl methyl sites for hydroxylation is 2. The molecule has 0 saturated heterocycles. The van der Waals surface area contributed by atoms with Crippen LogP contribution in [0, 0.1) is 28.6 Å². The summed E-state index contributed by atoms with van der Waals surface area (Å²) >= 11 is 0. The van der Waals surface area contributed by atoms with Crippen LogP contribution in [0.1, 0.15) is 65.4 Å². The highest BCUT2D eigenvalue weighted by Gasteiger charge is 2.25. The van der Waals surface area contributed by atoms with Crippen molar-refractivity contribution in [3.05, 3.63) is 148 Å². The van der Waals surface area contributed by atoms with E-state index in [0.29, 0.717) is 17.0 Å². The molecule has 2 aromatic heterocycles. The fourth-order valence-electron chi connectivity index (χ4n) is 8.24. The van der Waals surface area contributed by atoms with Gasteiger partial charge in [0, 0.05) is 33.5 Å². The van der Waals surface area contributed by atoms with E-state index in [4.69, 9.17) is 0 Å². The monoisotopic (exact) mass is 630 g/mol. The van der Waals surface area contributed by atoms with Crippen LogP contribution in [-0.4, -0.2) is 9.13 Å². The second kappa shape index (κ2) is 11.6. The maximum atomic E-state index is 10.6. The van der Waals surface area contributed by atoms with E-state index in [0.717, 1.165) is 65.7 Å². The second-order valence-electron chi connectivity index (χ2n) is 13.5. The van der Waals surface area contributed by atoms with Gasteiger partial charge in [0.05, 0.1) is 34.3 Å². The molecule has 0 spiro atoms. The first-order valence-electron chi connectivity index (χ1n) is 17.2. The summed E-state index contributed by atoms with van der Waals surface area (Å²) in [7, 11) is 0. The molecule has 4 aromatic carbocycles. The predicted octanol–water partition coefficient (Wildman–Crippen LogP) is 10.9. The molecule has 4 heteroatoms. The molecule has 234 valence electrons. The van der Waals surface area contributed by atoms with Gasteiger partial charge in [0.1, 0.15) is 0 Å².